The van der Waals surface area contributed by atoms with E-state index in [0.717, 1.165) is 31.9 Å². The molecule has 0 saturated carbocycles. The topological polar surface area (TPSA) is 22.9 Å². The van der Waals surface area contributed by atoms with Gasteiger partial charge in [-0.2, -0.15) is 0 Å². The van der Waals surface area contributed by atoms with E-state index in [1.165, 1.54) is 24.1 Å². The minimum atomic E-state index is -0.00496. The van der Waals surface area contributed by atoms with Crippen molar-refractivity contribution in [1.82, 2.24) is 0 Å². The maximum Gasteiger partial charge on any atom is 0.119 e. The predicted molar refractivity (Wildman–Crippen MR) is 115 cm³/mol. The standard InChI is InChI=1S/C25H35NO2/c1-20-18-26(19-21(2)28-20)16-8-9-17-27-24-14-12-23(13-15-24)25(3,4)22-10-6-5-7-11-22/h5-7,10-15,20-21H,8-9,16-19H2,1-4H3/p+1/t20-,21-/m0/s1. The summed E-state index contributed by atoms with van der Waals surface area (Å²) >= 11 is 0. The average Bonchev–Trinajstić information content (AvgIpc) is 2.68. The van der Waals surface area contributed by atoms with Gasteiger partial charge in [0.15, 0.2) is 0 Å². The van der Waals surface area contributed by atoms with Crippen LogP contribution >= 0.6 is 0 Å². The molecule has 0 spiro atoms. The highest BCUT2D eigenvalue weighted by molar-refractivity contribution is 5.39. The van der Waals surface area contributed by atoms with Crippen molar-refractivity contribution in [2.45, 2.75) is 58.2 Å². The number of benzene rings is 2. The zero-order valence-electron chi connectivity index (χ0n) is 17.9. The minimum Gasteiger partial charge on any atom is -0.494 e. The molecule has 1 aliphatic heterocycles. The normalized spacial score (nSPS) is 22.8. The molecule has 1 heterocycles. The van der Waals surface area contributed by atoms with Gasteiger partial charge in [0.2, 0.25) is 0 Å². The molecule has 0 radical (unpaired) electrons. The molecule has 3 heteroatoms. The van der Waals surface area contributed by atoms with Gasteiger partial charge in [-0.05, 0) is 49.9 Å². The lowest BCUT2D eigenvalue weighted by Gasteiger charge is -2.32. The number of quaternary nitrogens is 1. The molecule has 1 N–H and O–H groups in total. The van der Waals surface area contributed by atoms with Crippen molar-refractivity contribution in [2.24, 2.45) is 0 Å². The van der Waals surface area contributed by atoms with Crippen molar-refractivity contribution in [3.8, 4) is 5.75 Å². The second-order valence-corrected chi connectivity index (χ2v) is 8.74. The Morgan fingerprint density at radius 3 is 2.14 bits per heavy atom. The van der Waals surface area contributed by atoms with Crippen LogP contribution in [0, 0.1) is 0 Å². The SMILES string of the molecule is C[C@H]1C[NH+](CCCCOc2ccc(C(C)(C)c3ccccc3)cc2)C[C@H](C)O1. The summed E-state index contributed by atoms with van der Waals surface area (Å²) in [4.78, 5) is 1.67. The maximum atomic E-state index is 5.98. The fourth-order valence-corrected chi connectivity index (χ4v) is 4.25. The summed E-state index contributed by atoms with van der Waals surface area (Å²) < 4.78 is 11.8. The first kappa shape index (κ1) is 20.9. The molecule has 2 aromatic carbocycles. The van der Waals surface area contributed by atoms with E-state index < -0.39 is 0 Å². The third-order valence-corrected chi connectivity index (χ3v) is 5.88. The van der Waals surface area contributed by atoms with E-state index in [1.54, 1.807) is 4.90 Å². The van der Waals surface area contributed by atoms with Crippen LogP contribution in [0.2, 0.25) is 0 Å². The van der Waals surface area contributed by atoms with Crippen LogP contribution in [0.5, 0.6) is 5.75 Å². The van der Waals surface area contributed by atoms with Crippen LogP contribution in [0.15, 0.2) is 54.6 Å². The molecule has 0 amide bonds. The summed E-state index contributed by atoms with van der Waals surface area (Å²) in [6.07, 6.45) is 3.07. The van der Waals surface area contributed by atoms with Crippen LogP contribution < -0.4 is 9.64 Å². The molecule has 152 valence electrons. The van der Waals surface area contributed by atoms with E-state index in [9.17, 15) is 0 Å². The molecule has 2 aromatic rings. The Bertz CT molecular complexity index is 701. The third-order valence-electron chi connectivity index (χ3n) is 5.88. The van der Waals surface area contributed by atoms with Crippen LogP contribution in [-0.2, 0) is 10.2 Å². The van der Waals surface area contributed by atoms with Gasteiger partial charge in [-0.1, -0.05) is 56.3 Å². The molecule has 0 unspecified atom stereocenters. The monoisotopic (exact) mass is 382 g/mol. The lowest BCUT2D eigenvalue weighted by Crippen LogP contribution is -3.15. The van der Waals surface area contributed by atoms with E-state index in [-0.39, 0.29) is 5.41 Å². The van der Waals surface area contributed by atoms with Gasteiger partial charge in [-0.15, -0.1) is 0 Å². The Hall–Kier alpha value is -1.84. The van der Waals surface area contributed by atoms with Crippen LogP contribution in [0.1, 0.15) is 51.7 Å². The third kappa shape index (κ3) is 5.59. The lowest BCUT2D eigenvalue weighted by molar-refractivity contribution is -0.915. The molecule has 1 fully saturated rings. The molecule has 2 atom stereocenters. The molecular weight excluding hydrogens is 346 g/mol. The van der Waals surface area contributed by atoms with Crippen LogP contribution in [0.4, 0.5) is 0 Å². The zero-order valence-corrected chi connectivity index (χ0v) is 17.9. The fourth-order valence-electron chi connectivity index (χ4n) is 4.25. The van der Waals surface area contributed by atoms with Crippen molar-refractivity contribution >= 4 is 0 Å². The van der Waals surface area contributed by atoms with Gasteiger partial charge in [0.1, 0.15) is 31.0 Å². The Labute approximate surface area is 170 Å². The number of hydrogen-bond acceptors (Lipinski definition) is 2. The number of hydrogen-bond donors (Lipinski definition) is 1. The average molecular weight is 383 g/mol. The van der Waals surface area contributed by atoms with E-state index in [1.807, 2.05) is 0 Å². The summed E-state index contributed by atoms with van der Waals surface area (Å²) in [5.41, 5.74) is 2.64. The Morgan fingerprint density at radius 2 is 1.50 bits per heavy atom. The second-order valence-electron chi connectivity index (χ2n) is 8.74. The minimum absolute atomic E-state index is 0.00496. The van der Waals surface area contributed by atoms with Gasteiger partial charge in [0.05, 0.1) is 13.2 Å². The van der Waals surface area contributed by atoms with Gasteiger partial charge in [0.25, 0.3) is 0 Å². The van der Waals surface area contributed by atoms with Gasteiger partial charge < -0.3 is 14.4 Å². The Balaban J connectivity index is 1.42. The molecule has 0 aromatic heterocycles. The lowest BCUT2D eigenvalue weighted by atomic mass is 9.78. The van der Waals surface area contributed by atoms with Crippen molar-refractivity contribution < 1.29 is 14.4 Å². The first-order chi connectivity index (χ1) is 13.4. The number of nitrogens with one attached hydrogen (secondary N) is 1. The predicted octanol–water partition coefficient (Wildman–Crippen LogP) is 3.86. The molecule has 1 saturated heterocycles. The van der Waals surface area contributed by atoms with Gasteiger partial charge >= 0.3 is 0 Å². The highest BCUT2D eigenvalue weighted by Crippen LogP contribution is 2.32. The van der Waals surface area contributed by atoms with Gasteiger partial charge in [0, 0.05) is 5.41 Å². The molecule has 28 heavy (non-hydrogen) atoms. The van der Waals surface area contributed by atoms with E-state index >= 15 is 0 Å². The Morgan fingerprint density at radius 1 is 0.893 bits per heavy atom. The summed E-state index contributed by atoms with van der Waals surface area (Å²) in [6, 6.07) is 19.3. The molecule has 0 bridgehead atoms. The van der Waals surface area contributed by atoms with E-state index in [2.05, 4.69) is 82.3 Å². The first-order valence-corrected chi connectivity index (χ1v) is 10.7. The highest BCUT2D eigenvalue weighted by atomic mass is 16.5. The van der Waals surface area contributed by atoms with Crippen LogP contribution in [0.25, 0.3) is 0 Å². The largest absolute Gasteiger partial charge is 0.494 e. The van der Waals surface area contributed by atoms with Crippen LogP contribution in [0.3, 0.4) is 0 Å². The van der Waals surface area contributed by atoms with E-state index in [4.69, 9.17) is 9.47 Å². The molecule has 3 nitrogen and oxygen atoms in total. The zero-order chi connectivity index (χ0) is 20.0. The number of rotatable bonds is 8. The maximum absolute atomic E-state index is 5.98. The summed E-state index contributed by atoms with van der Waals surface area (Å²) in [6.45, 7) is 13.2. The molecule has 1 aliphatic rings. The summed E-state index contributed by atoms with van der Waals surface area (Å²) in [5, 5.41) is 0. The smallest absolute Gasteiger partial charge is 0.119 e. The summed E-state index contributed by atoms with van der Waals surface area (Å²) in [7, 11) is 0. The highest BCUT2D eigenvalue weighted by Gasteiger charge is 2.25. The number of ether oxygens (including phenoxy) is 2. The Kier molecular flexibility index (Phi) is 7.14. The van der Waals surface area contributed by atoms with Crippen molar-refractivity contribution in [3.63, 3.8) is 0 Å². The fraction of sp³-hybridized carbons (Fsp3) is 0.520. The van der Waals surface area contributed by atoms with Gasteiger partial charge in [-0.3, -0.25) is 0 Å². The number of unbranched alkanes of at least 4 members (excludes halogenated alkanes) is 1. The van der Waals surface area contributed by atoms with Crippen LogP contribution in [-0.4, -0.2) is 38.4 Å². The first-order valence-electron chi connectivity index (χ1n) is 10.7. The van der Waals surface area contributed by atoms with E-state index in [0.29, 0.717) is 12.2 Å². The van der Waals surface area contributed by atoms with Crippen molar-refractivity contribution in [3.05, 3.63) is 65.7 Å². The molecule has 3 rings (SSSR count). The quantitative estimate of drug-likeness (QED) is 0.701. The number of morpholine rings is 1. The second kappa shape index (κ2) is 9.58. The summed E-state index contributed by atoms with van der Waals surface area (Å²) in [5.74, 6) is 0.966. The molecule has 0 aliphatic carbocycles. The molecular formula is C25H36NO2+. The van der Waals surface area contributed by atoms with Crippen molar-refractivity contribution in [1.29, 1.82) is 0 Å². The van der Waals surface area contributed by atoms with Gasteiger partial charge in [-0.25, -0.2) is 0 Å². The van der Waals surface area contributed by atoms with Crippen molar-refractivity contribution in [2.75, 3.05) is 26.2 Å².